The molecule has 0 atom stereocenters. The Balaban J connectivity index is 1.86. The van der Waals surface area contributed by atoms with Gasteiger partial charge in [-0.3, -0.25) is 0 Å². The molecule has 0 radical (unpaired) electrons. The Morgan fingerprint density at radius 2 is 1.06 bits per heavy atom. The molecule has 0 saturated heterocycles. The van der Waals surface area contributed by atoms with Crippen LogP contribution in [0.1, 0.15) is 20.8 Å². The molecule has 5 rings (SSSR count). The van der Waals surface area contributed by atoms with Crippen LogP contribution >= 0.6 is 7.92 Å². The first-order valence-corrected chi connectivity index (χ1v) is 17.2. The molecule has 36 heavy (non-hydrogen) atoms. The third-order valence-electron chi connectivity index (χ3n) is 7.97. The first-order chi connectivity index (χ1) is 17.7. The highest BCUT2D eigenvalue weighted by Crippen LogP contribution is 2.39. The van der Waals surface area contributed by atoms with Crippen molar-refractivity contribution in [3.8, 4) is 11.1 Å². The molecular weight excluding hydrogens is 467 g/mol. The van der Waals surface area contributed by atoms with Crippen LogP contribution in [0.5, 0.6) is 0 Å². The van der Waals surface area contributed by atoms with Gasteiger partial charge in [-0.1, -0.05) is 165 Å². The van der Waals surface area contributed by atoms with E-state index in [-0.39, 0.29) is 0 Å². The van der Waals surface area contributed by atoms with E-state index in [1.165, 1.54) is 55.9 Å². The minimum Gasteiger partial charge on any atom is -0.0675 e. The zero-order chi connectivity index (χ0) is 25.0. The Labute approximate surface area is 218 Å². The molecule has 0 nitrogen and oxygen atoms in total. The van der Waals surface area contributed by atoms with E-state index in [2.05, 4.69) is 142 Å². The van der Waals surface area contributed by atoms with Crippen LogP contribution in [0.25, 0.3) is 21.9 Å². The number of fused-ring (bicyclic) bond motifs is 1. The molecule has 0 amide bonds. The van der Waals surface area contributed by atoms with E-state index in [0.29, 0.717) is 0 Å². The lowest BCUT2D eigenvalue weighted by molar-refractivity contribution is 1.20. The minimum atomic E-state index is -1.65. The molecule has 180 valence electrons. The van der Waals surface area contributed by atoms with Crippen LogP contribution in [0.3, 0.4) is 0 Å². The van der Waals surface area contributed by atoms with Crippen molar-refractivity contribution >= 4 is 47.9 Å². The number of benzene rings is 5. The highest BCUT2D eigenvalue weighted by atomic mass is 31.1. The van der Waals surface area contributed by atoms with Gasteiger partial charge in [0.1, 0.15) is 0 Å². The zero-order valence-corrected chi connectivity index (χ0v) is 23.5. The molecule has 0 unspecified atom stereocenters. The Kier molecular flexibility index (Phi) is 7.51. The van der Waals surface area contributed by atoms with Crippen molar-refractivity contribution in [2.75, 3.05) is 0 Å². The van der Waals surface area contributed by atoms with Crippen LogP contribution in [-0.2, 0) is 0 Å². The molecule has 0 bridgehead atoms. The summed E-state index contributed by atoms with van der Waals surface area (Å²) in [6, 6.07) is 49.2. The minimum absolute atomic E-state index is 0.691. The normalized spacial score (nSPS) is 11.8. The monoisotopic (exact) mass is 502 g/mol. The van der Waals surface area contributed by atoms with Gasteiger partial charge in [-0.2, -0.15) is 0 Å². The predicted molar refractivity (Wildman–Crippen MR) is 165 cm³/mol. The third kappa shape index (κ3) is 4.47. The van der Waals surface area contributed by atoms with E-state index in [9.17, 15) is 0 Å². The summed E-state index contributed by atoms with van der Waals surface area (Å²) >= 11 is 0. The molecule has 0 heterocycles. The first-order valence-electron chi connectivity index (χ1n) is 13.2. The average molecular weight is 503 g/mol. The van der Waals surface area contributed by atoms with Crippen molar-refractivity contribution < 1.29 is 0 Å². The Morgan fingerprint density at radius 1 is 0.528 bits per heavy atom. The SMILES string of the molecule is CC[Si](CC)(CC)c1ccc2ccccc2c1-c1ccccc1P(c1ccccc1)c1ccccc1. The predicted octanol–water partition coefficient (Wildman–Crippen LogP) is 7.98. The first kappa shape index (κ1) is 24.7. The molecule has 0 N–H and O–H groups in total. The summed E-state index contributed by atoms with van der Waals surface area (Å²) in [5.74, 6) is 0. The lowest BCUT2D eigenvalue weighted by atomic mass is 9.98. The van der Waals surface area contributed by atoms with E-state index < -0.39 is 16.0 Å². The maximum absolute atomic E-state index is 2.49. The van der Waals surface area contributed by atoms with Gasteiger partial charge in [0.05, 0.1) is 8.07 Å². The van der Waals surface area contributed by atoms with Crippen molar-refractivity contribution in [2.24, 2.45) is 0 Å². The van der Waals surface area contributed by atoms with Crippen molar-refractivity contribution in [3.63, 3.8) is 0 Å². The molecule has 0 aliphatic rings. The standard InChI is InChI=1S/C34H35PSi/c1-4-36(5-2,6-3)33-26-25-27-17-13-14-22-30(27)34(33)31-23-15-16-24-32(31)35(28-18-9-7-10-19-28)29-20-11-8-12-21-29/h7-26H,4-6H2,1-3H3. The fraction of sp³-hybridized carbons (Fsp3) is 0.176. The summed E-state index contributed by atoms with van der Waals surface area (Å²) in [6.07, 6.45) is 0. The maximum atomic E-state index is 2.49. The van der Waals surface area contributed by atoms with E-state index in [1.54, 1.807) is 5.19 Å². The van der Waals surface area contributed by atoms with E-state index in [4.69, 9.17) is 0 Å². The van der Waals surface area contributed by atoms with Gasteiger partial charge in [-0.25, -0.2) is 0 Å². The van der Waals surface area contributed by atoms with Crippen LogP contribution in [0.15, 0.2) is 121 Å². The molecule has 0 spiro atoms. The fourth-order valence-corrected chi connectivity index (χ4v) is 12.1. The summed E-state index contributed by atoms with van der Waals surface area (Å²) in [6.45, 7) is 7.26. The molecular formula is C34H35PSi. The second-order valence-electron chi connectivity index (χ2n) is 9.57. The lowest BCUT2D eigenvalue weighted by Gasteiger charge is -2.33. The van der Waals surface area contributed by atoms with Crippen LogP contribution in [0.4, 0.5) is 0 Å². The van der Waals surface area contributed by atoms with Crippen molar-refractivity contribution in [1.82, 2.24) is 0 Å². The van der Waals surface area contributed by atoms with E-state index in [1.807, 2.05) is 0 Å². The molecule has 2 heteroatoms. The number of hydrogen-bond donors (Lipinski definition) is 0. The molecule has 5 aromatic rings. The maximum Gasteiger partial charge on any atom is 0.0867 e. The van der Waals surface area contributed by atoms with Gasteiger partial charge in [-0.05, 0) is 45.7 Å². The van der Waals surface area contributed by atoms with Crippen LogP contribution in [0.2, 0.25) is 18.1 Å². The van der Waals surface area contributed by atoms with E-state index >= 15 is 0 Å². The largest absolute Gasteiger partial charge is 0.0867 e. The fourth-order valence-electron chi connectivity index (χ4n) is 5.79. The highest BCUT2D eigenvalue weighted by molar-refractivity contribution is 7.80. The van der Waals surface area contributed by atoms with E-state index in [0.717, 1.165) is 0 Å². The molecule has 0 saturated carbocycles. The smallest absolute Gasteiger partial charge is 0.0675 e. The summed E-state index contributed by atoms with van der Waals surface area (Å²) < 4.78 is 0. The summed E-state index contributed by atoms with van der Waals surface area (Å²) in [7, 11) is -2.34. The van der Waals surface area contributed by atoms with Crippen molar-refractivity contribution in [2.45, 2.75) is 38.9 Å². The van der Waals surface area contributed by atoms with Gasteiger partial charge >= 0.3 is 0 Å². The number of hydrogen-bond acceptors (Lipinski definition) is 0. The Bertz CT molecular complexity index is 1390. The topological polar surface area (TPSA) is 0 Å². The van der Waals surface area contributed by atoms with Crippen LogP contribution in [-0.4, -0.2) is 8.07 Å². The van der Waals surface area contributed by atoms with Crippen LogP contribution < -0.4 is 21.1 Å². The number of rotatable bonds is 8. The average Bonchev–Trinajstić information content (AvgIpc) is 2.96. The Morgan fingerprint density at radius 3 is 1.67 bits per heavy atom. The molecule has 0 aromatic heterocycles. The summed E-state index contributed by atoms with van der Waals surface area (Å²) in [5, 5.41) is 8.62. The van der Waals surface area contributed by atoms with Gasteiger partial charge in [-0.15, -0.1) is 0 Å². The van der Waals surface area contributed by atoms with Gasteiger partial charge in [0.25, 0.3) is 0 Å². The second-order valence-corrected chi connectivity index (χ2v) is 17.0. The van der Waals surface area contributed by atoms with Crippen molar-refractivity contribution in [3.05, 3.63) is 121 Å². The van der Waals surface area contributed by atoms with Crippen molar-refractivity contribution in [1.29, 1.82) is 0 Å². The third-order valence-corrected chi connectivity index (χ3v) is 16.1. The Hall–Kier alpha value is -2.99. The quantitative estimate of drug-likeness (QED) is 0.149. The van der Waals surface area contributed by atoms with Gasteiger partial charge in [0, 0.05) is 0 Å². The molecule has 0 aliphatic heterocycles. The lowest BCUT2D eigenvalue weighted by Crippen LogP contribution is -2.47. The van der Waals surface area contributed by atoms with Gasteiger partial charge in [0.15, 0.2) is 0 Å². The van der Waals surface area contributed by atoms with Crippen LogP contribution in [0, 0.1) is 0 Å². The molecule has 0 aliphatic carbocycles. The molecule has 0 fully saturated rings. The zero-order valence-electron chi connectivity index (χ0n) is 21.6. The molecule has 5 aromatic carbocycles. The highest BCUT2D eigenvalue weighted by Gasteiger charge is 2.33. The summed E-state index contributed by atoms with van der Waals surface area (Å²) in [4.78, 5) is 0. The van der Waals surface area contributed by atoms with Gasteiger partial charge in [0.2, 0.25) is 0 Å². The van der Waals surface area contributed by atoms with Gasteiger partial charge < -0.3 is 0 Å². The summed E-state index contributed by atoms with van der Waals surface area (Å²) in [5.41, 5.74) is 2.90. The second kappa shape index (κ2) is 11.0.